The van der Waals surface area contributed by atoms with Crippen molar-refractivity contribution in [2.75, 3.05) is 20.2 Å². The Morgan fingerprint density at radius 1 is 1.16 bits per heavy atom. The molecule has 1 aliphatic heterocycles. The number of halogens is 1. The number of para-hydroxylation sites is 1. The van der Waals surface area contributed by atoms with Crippen molar-refractivity contribution >= 4 is 17.5 Å². The zero-order valence-corrected chi connectivity index (χ0v) is 18.3. The van der Waals surface area contributed by atoms with Crippen molar-refractivity contribution in [2.24, 2.45) is 0 Å². The third-order valence-electron chi connectivity index (χ3n) is 5.74. The lowest BCUT2D eigenvalue weighted by Gasteiger charge is -2.31. The lowest BCUT2D eigenvalue weighted by Crippen LogP contribution is -2.32. The molecule has 1 N–H and O–H groups in total. The molecular formula is C24H26ClN3O3. The standard InChI is InChI=1S/C24H26ClN3O3/c1-30-22-9-5-3-6-18(22)15-26-24(29)23-14-21(27-31-23)17-10-12-28(13-11-17)16-19-7-2-4-8-20(19)25/h2-9,14,17H,10-13,15-16H2,1H3,(H,26,29). The van der Waals surface area contributed by atoms with Gasteiger partial charge in [0.25, 0.3) is 5.91 Å². The highest BCUT2D eigenvalue weighted by atomic mass is 35.5. The lowest BCUT2D eigenvalue weighted by atomic mass is 9.93. The zero-order chi connectivity index (χ0) is 21.6. The van der Waals surface area contributed by atoms with Crippen LogP contribution in [0.5, 0.6) is 5.75 Å². The normalized spacial score (nSPS) is 15.0. The van der Waals surface area contributed by atoms with Gasteiger partial charge in [-0.3, -0.25) is 9.69 Å². The largest absolute Gasteiger partial charge is 0.496 e. The molecule has 1 aliphatic rings. The van der Waals surface area contributed by atoms with E-state index in [2.05, 4.69) is 21.4 Å². The van der Waals surface area contributed by atoms with E-state index in [0.717, 1.165) is 60.1 Å². The van der Waals surface area contributed by atoms with Crippen LogP contribution in [0.25, 0.3) is 0 Å². The summed E-state index contributed by atoms with van der Waals surface area (Å²) in [5, 5.41) is 7.86. The molecule has 1 amide bonds. The van der Waals surface area contributed by atoms with Crippen LogP contribution < -0.4 is 10.1 Å². The van der Waals surface area contributed by atoms with Crippen molar-refractivity contribution < 1.29 is 14.1 Å². The fourth-order valence-electron chi connectivity index (χ4n) is 3.95. The van der Waals surface area contributed by atoms with Gasteiger partial charge in [0.15, 0.2) is 0 Å². The van der Waals surface area contributed by atoms with Gasteiger partial charge in [-0.25, -0.2) is 0 Å². The van der Waals surface area contributed by atoms with Crippen LogP contribution in [0.15, 0.2) is 59.1 Å². The Morgan fingerprint density at radius 3 is 2.61 bits per heavy atom. The number of ether oxygens (including phenoxy) is 1. The highest BCUT2D eigenvalue weighted by molar-refractivity contribution is 6.31. The minimum Gasteiger partial charge on any atom is -0.496 e. The van der Waals surface area contributed by atoms with Gasteiger partial charge in [-0.15, -0.1) is 0 Å². The molecule has 7 heteroatoms. The van der Waals surface area contributed by atoms with Gasteiger partial charge in [-0.05, 0) is 43.6 Å². The van der Waals surface area contributed by atoms with Crippen LogP contribution in [0.1, 0.15) is 46.1 Å². The Kier molecular flexibility index (Phi) is 6.89. The first-order valence-corrected chi connectivity index (χ1v) is 10.8. The molecule has 31 heavy (non-hydrogen) atoms. The predicted octanol–water partition coefficient (Wildman–Crippen LogP) is 4.65. The van der Waals surface area contributed by atoms with Crippen LogP contribution >= 0.6 is 11.6 Å². The van der Waals surface area contributed by atoms with Gasteiger partial charge in [0.2, 0.25) is 5.76 Å². The first-order chi connectivity index (χ1) is 15.1. The summed E-state index contributed by atoms with van der Waals surface area (Å²) in [6.45, 7) is 3.12. The average molecular weight is 440 g/mol. The summed E-state index contributed by atoms with van der Waals surface area (Å²) < 4.78 is 10.7. The van der Waals surface area contributed by atoms with Gasteiger partial charge in [0, 0.05) is 35.7 Å². The number of carbonyl (C=O) groups excluding carboxylic acids is 1. The van der Waals surface area contributed by atoms with E-state index < -0.39 is 0 Å². The first-order valence-electron chi connectivity index (χ1n) is 10.5. The van der Waals surface area contributed by atoms with Crippen LogP contribution in [0.2, 0.25) is 5.02 Å². The van der Waals surface area contributed by atoms with E-state index in [1.807, 2.05) is 42.5 Å². The smallest absolute Gasteiger partial charge is 0.290 e. The van der Waals surface area contributed by atoms with Crippen LogP contribution in [0.3, 0.4) is 0 Å². The minimum absolute atomic E-state index is 0.239. The van der Waals surface area contributed by atoms with Crippen molar-refractivity contribution in [1.82, 2.24) is 15.4 Å². The molecule has 0 unspecified atom stereocenters. The van der Waals surface area contributed by atoms with Crippen LogP contribution in [-0.4, -0.2) is 36.2 Å². The van der Waals surface area contributed by atoms with Gasteiger partial charge in [0.1, 0.15) is 5.75 Å². The quantitative estimate of drug-likeness (QED) is 0.580. The molecule has 4 rings (SSSR count). The summed E-state index contributed by atoms with van der Waals surface area (Å²) in [6.07, 6.45) is 1.94. The Morgan fingerprint density at radius 2 is 1.87 bits per heavy atom. The second-order valence-electron chi connectivity index (χ2n) is 7.75. The number of carbonyl (C=O) groups is 1. The highest BCUT2D eigenvalue weighted by Crippen LogP contribution is 2.29. The summed E-state index contributed by atoms with van der Waals surface area (Å²) in [7, 11) is 1.61. The summed E-state index contributed by atoms with van der Waals surface area (Å²) in [5.74, 6) is 0.996. The number of nitrogens with one attached hydrogen (secondary N) is 1. The second kappa shape index (κ2) is 9.98. The topological polar surface area (TPSA) is 67.6 Å². The van der Waals surface area contributed by atoms with Crippen molar-refractivity contribution in [3.8, 4) is 5.75 Å². The molecule has 3 aromatic rings. The number of nitrogens with zero attached hydrogens (tertiary/aromatic N) is 2. The van der Waals surface area contributed by atoms with Crippen LogP contribution in [-0.2, 0) is 13.1 Å². The number of piperidine rings is 1. The Balaban J connectivity index is 1.30. The van der Waals surface area contributed by atoms with Crippen molar-refractivity contribution in [3.05, 3.63) is 82.2 Å². The van der Waals surface area contributed by atoms with Gasteiger partial charge < -0.3 is 14.6 Å². The molecule has 6 nitrogen and oxygen atoms in total. The molecule has 2 heterocycles. The maximum absolute atomic E-state index is 12.5. The van der Waals surface area contributed by atoms with Gasteiger partial charge in [-0.2, -0.15) is 0 Å². The Hall–Kier alpha value is -2.83. The SMILES string of the molecule is COc1ccccc1CNC(=O)c1cc(C2CCN(Cc3ccccc3Cl)CC2)no1. The van der Waals surface area contributed by atoms with E-state index >= 15 is 0 Å². The Labute approximate surface area is 187 Å². The lowest BCUT2D eigenvalue weighted by molar-refractivity contribution is 0.0913. The molecule has 0 atom stereocenters. The van der Waals surface area contributed by atoms with E-state index in [0.29, 0.717) is 12.5 Å². The number of hydrogen-bond acceptors (Lipinski definition) is 5. The van der Waals surface area contributed by atoms with Crippen LogP contribution in [0, 0.1) is 0 Å². The van der Waals surface area contributed by atoms with E-state index in [9.17, 15) is 4.79 Å². The summed E-state index contributed by atoms with van der Waals surface area (Å²) in [4.78, 5) is 14.9. The number of likely N-dealkylation sites (tertiary alicyclic amines) is 1. The molecule has 0 radical (unpaired) electrons. The maximum atomic E-state index is 12.5. The van der Waals surface area contributed by atoms with Gasteiger partial charge >= 0.3 is 0 Å². The molecule has 1 fully saturated rings. The van der Waals surface area contributed by atoms with E-state index in [1.54, 1.807) is 13.2 Å². The number of rotatable bonds is 7. The van der Waals surface area contributed by atoms with Crippen LogP contribution in [0.4, 0.5) is 0 Å². The van der Waals surface area contributed by atoms with Crippen molar-refractivity contribution in [2.45, 2.75) is 31.8 Å². The third kappa shape index (κ3) is 5.27. The number of methoxy groups -OCH3 is 1. The molecule has 0 aliphatic carbocycles. The number of aromatic nitrogens is 1. The number of benzene rings is 2. The second-order valence-corrected chi connectivity index (χ2v) is 8.16. The van der Waals surface area contributed by atoms with Crippen molar-refractivity contribution in [1.29, 1.82) is 0 Å². The molecule has 0 spiro atoms. The zero-order valence-electron chi connectivity index (χ0n) is 17.5. The summed E-state index contributed by atoms with van der Waals surface area (Å²) >= 11 is 6.29. The van der Waals surface area contributed by atoms with E-state index in [-0.39, 0.29) is 11.7 Å². The number of hydrogen-bond donors (Lipinski definition) is 1. The molecule has 2 aromatic carbocycles. The van der Waals surface area contributed by atoms with Crippen molar-refractivity contribution in [3.63, 3.8) is 0 Å². The van der Waals surface area contributed by atoms with Gasteiger partial charge in [0.05, 0.1) is 12.8 Å². The minimum atomic E-state index is -0.277. The summed E-state index contributed by atoms with van der Waals surface area (Å²) in [6, 6.07) is 17.3. The maximum Gasteiger partial charge on any atom is 0.290 e. The predicted molar refractivity (Wildman–Crippen MR) is 119 cm³/mol. The fourth-order valence-corrected chi connectivity index (χ4v) is 4.15. The summed E-state index contributed by atoms with van der Waals surface area (Å²) in [5.41, 5.74) is 2.90. The fraction of sp³-hybridized carbons (Fsp3) is 0.333. The third-order valence-corrected chi connectivity index (χ3v) is 6.11. The number of amides is 1. The van der Waals surface area contributed by atoms with Gasteiger partial charge in [-0.1, -0.05) is 53.2 Å². The molecule has 1 saturated heterocycles. The first kappa shape index (κ1) is 21.4. The van der Waals surface area contributed by atoms with E-state index in [1.165, 1.54) is 0 Å². The molecule has 0 saturated carbocycles. The average Bonchev–Trinajstić information content (AvgIpc) is 3.30. The molecule has 162 valence electrons. The monoisotopic (exact) mass is 439 g/mol. The molecule has 0 bridgehead atoms. The highest BCUT2D eigenvalue weighted by Gasteiger charge is 2.25. The molecule has 1 aromatic heterocycles. The van der Waals surface area contributed by atoms with E-state index in [4.69, 9.17) is 20.9 Å². The Bertz CT molecular complexity index is 1030. The molecular weight excluding hydrogens is 414 g/mol.